The lowest BCUT2D eigenvalue weighted by molar-refractivity contribution is 0.163. The molecule has 2 rings (SSSR count). The van der Waals surface area contributed by atoms with Gasteiger partial charge in [-0.3, -0.25) is 0 Å². The predicted molar refractivity (Wildman–Crippen MR) is 82.9 cm³/mol. The molecule has 1 unspecified atom stereocenters. The molecule has 0 bridgehead atoms. The lowest BCUT2D eigenvalue weighted by Gasteiger charge is -2.15. The first-order chi connectivity index (χ1) is 9.11. The molecular formula is C13H18BrN3OS. The Labute approximate surface area is 125 Å². The van der Waals surface area contributed by atoms with Crippen LogP contribution in [0.3, 0.4) is 0 Å². The molecule has 2 aromatic rings. The smallest absolute Gasteiger partial charge is 0.203 e. The van der Waals surface area contributed by atoms with Gasteiger partial charge in [-0.1, -0.05) is 0 Å². The molecule has 0 saturated carbocycles. The number of hydrogen-bond donors (Lipinski definition) is 1. The van der Waals surface area contributed by atoms with Crippen LogP contribution in [0.25, 0.3) is 0 Å². The van der Waals surface area contributed by atoms with Crippen LogP contribution in [0.5, 0.6) is 0 Å². The zero-order chi connectivity index (χ0) is 13.8. The van der Waals surface area contributed by atoms with E-state index in [1.807, 2.05) is 6.92 Å². The summed E-state index contributed by atoms with van der Waals surface area (Å²) in [7, 11) is 1.72. The van der Waals surface area contributed by atoms with Gasteiger partial charge in [-0.05, 0) is 41.2 Å². The van der Waals surface area contributed by atoms with Crippen LogP contribution >= 0.6 is 27.3 Å². The highest BCUT2D eigenvalue weighted by Gasteiger charge is 2.12. The molecule has 0 aliphatic rings. The zero-order valence-electron chi connectivity index (χ0n) is 11.3. The number of imidazole rings is 1. The van der Waals surface area contributed by atoms with Gasteiger partial charge in [0.05, 0.1) is 24.9 Å². The second-order valence-corrected chi connectivity index (χ2v) is 6.32. The molecule has 4 nitrogen and oxygen atoms in total. The molecule has 1 N–H and O–H groups in total. The van der Waals surface area contributed by atoms with Crippen molar-refractivity contribution in [3.8, 4) is 0 Å². The van der Waals surface area contributed by atoms with E-state index in [1.54, 1.807) is 18.4 Å². The average molecular weight is 344 g/mol. The number of thiophene rings is 1. The molecule has 0 spiro atoms. The minimum atomic E-state index is 0.264. The van der Waals surface area contributed by atoms with Crippen LogP contribution in [0.2, 0.25) is 0 Å². The van der Waals surface area contributed by atoms with Crippen LogP contribution in [0.1, 0.15) is 23.5 Å². The molecule has 6 heteroatoms. The van der Waals surface area contributed by atoms with E-state index in [-0.39, 0.29) is 6.04 Å². The number of ether oxygens (including phenoxy) is 1. The van der Waals surface area contributed by atoms with Crippen molar-refractivity contribution in [1.29, 1.82) is 0 Å². The summed E-state index contributed by atoms with van der Waals surface area (Å²) in [6.45, 7) is 5.57. The summed E-state index contributed by atoms with van der Waals surface area (Å²) in [5.41, 5.74) is 1.01. The molecular weight excluding hydrogens is 326 g/mol. The Bertz CT molecular complexity index is 538. The van der Waals surface area contributed by atoms with Gasteiger partial charge in [0.1, 0.15) is 0 Å². The second kappa shape index (κ2) is 6.54. The molecule has 104 valence electrons. The van der Waals surface area contributed by atoms with Crippen molar-refractivity contribution in [3.05, 3.63) is 32.7 Å². The topological polar surface area (TPSA) is 39.1 Å². The highest BCUT2D eigenvalue weighted by atomic mass is 79.9. The molecule has 0 saturated heterocycles. The van der Waals surface area contributed by atoms with E-state index in [2.05, 4.69) is 55.4 Å². The number of rotatable bonds is 6. The summed E-state index contributed by atoms with van der Waals surface area (Å²) >= 11 is 5.27. The van der Waals surface area contributed by atoms with Gasteiger partial charge in [0.25, 0.3) is 0 Å². The van der Waals surface area contributed by atoms with Crippen LogP contribution in [0.15, 0.2) is 22.1 Å². The Morgan fingerprint density at radius 1 is 1.58 bits per heavy atom. The molecule has 0 amide bonds. The van der Waals surface area contributed by atoms with E-state index in [4.69, 9.17) is 4.74 Å². The minimum absolute atomic E-state index is 0.264. The van der Waals surface area contributed by atoms with Gasteiger partial charge in [0.2, 0.25) is 5.95 Å². The minimum Gasteiger partial charge on any atom is -0.383 e. The molecule has 0 aliphatic carbocycles. The van der Waals surface area contributed by atoms with Gasteiger partial charge in [-0.15, -0.1) is 11.3 Å². The number of nitrogens with one attached hydrogen (secondary N) is 1. The summed E-state index contributed by atoms with van der Waals surface area (Å²) in [6.07, 6.45) is 2.05. The zero-order valence-corrected chi connectivity index (χ0v) is 13.7. The lowest BCUT2D eigenvalue weighted by atomic mass is 10.3. The summed E-state index contributed by atoms with van der Waals surface area (Å²) in [5.74, 6) is 0.891. The summed E-state index contributed by atoms with van der Waals surface area (Å²) in [4.78, 5) is 5.80. The summed E-state index contributed by atoms with van der Waals surface area (Å²) in [6, 6.07) is 2.33. The lowest BCUT2D eigenvalue weighted by Crippen LogP contribution is -2.14. The third kappa shape index (κ3) is 3.58. The highest BCUT2D eigenvalue weighted by molar-refractivity contribution is 9.10. The molecule has 1 atom stereocenters. The summed E-state index contributed by atoms with van der Waals surface area (Å²) in [5, 5.41) is 5.47. The van der Waals surface area contributed by atoms with E-state index in [9.17, 15) is 0 Å². The third-order valence-electron chi connectivity index (χ3n) is 2.83. The Kier molecular flexibility index (Phi) is 5.01. The quantitative estimate of drug-likeness (QED) is 0.866. The summed E-state index contributed by atoms with van der Waals surface area (Å²) < 4.78 is 8.48. The molecule has 2 heterocycles. The molecule has 0 aromatic carbocycles. The van der Waals surface area contributed by atoms with Crippen molar-refractivity contribution in [2.75, 3.05) is 19.0 Å². The maximum absolute atomic E-state index is 5.21. The number of anilines is 1. The maximum atomic E-state index is 5.21. The second-order valence-electron chi connectivity index (χ2n) is 4.46. The SMILES string of the molecule is COCC(C)n1cc(C)nc1NCc1sccc1Br. The molecule has 2 aromatic heterocycles. The van der Waals surface area contributed by atoms with Gasteiger partial charge < -0.3 is 14.6 Å². The van der Waals surface area contributed by atoms with Crippen LogP contribution in [0.4, 0.5) is 5.95 Å². The number of methoxy groups -OCH3 is 1. The monoisotopic (exact) mass is 343 g/mol. The van der Waals surface area contributed by atoms with Crippen molar-refractivity contribution >= 4 is 33.2 Å². The third-order valence-corrected chi connectivity index (χ3v) is 4.76. The maximum Gasteiger partial charge on any atom is 0.203 e. The molecule has 0 radical (unpaired) electrons. The van der Waals surface area contributed by atoms with Gasteiger partial charge in [-0.25, -0.2) is 4.98 Å². The predicted octanol–water partition coefficient (Wildman–Crippen LogP) is 3.84. The fourth-order valence-electron chi connectivity index (χ4n) is 1.91. The van der Waals surface area contributed by atoms with Gasteiger partial charge >= 0.3 is 0 Å². The Morgan fingerprint density at radius 3 is 3.00 bits per heavy atom. The van der Waals surface area contributed by atoms with Crippen molar-refractivity contribution in [2.45, 2.75) is 26.4 Å². The number of halogens is 1. The number of nitrogens with zero attached hydrogens (tertiary/aromatic N) is 2. The number of aromatic nitrogens is 2. The van der Waals surface area contributed by atoms with E-state index in [0.29, 0.717) is 6.61 Å². The van der Waals surface area contributed by atoms with Crippen molar-refractivity contribution in [3.63, 3.8) is 0 Å². The normalized spacial score (nSPS) is 12.6. The standard InChI is InChI=1S/C13H18BrN3OS/c1-9-7-17(10(2)8-18-3)13(16-9)15-6-12-11(14)4-5-19-12/h4-5,7,10H,6,8H2,1-3H3,(H,15,16). The highest BCUT2D eigenvalue weighted by Crippen LogP contribution is 2.24. The van der Waals surface area contributed by atoms with Gasteiger partial charge in [0, 0.05) is 22.7 Å². The van der Waals surface area contributed by atoms with Crippen molar-refractivity contribution in [2.24, 2.45) is 0 Å². The number of hydrogen-bond acceptors (Lipinski definition) is 4. The van der Waals surface area contributed by atoms with E-state index < -0.39 is 0 Å². The van der Waals surface area contributed by atoms with Gasteiger partial charge in [-0.2, -0.15) is 0 Å². The Morgan fingerprint density at radius 2 is 2.37 bits per heavy atom. The fraction of sp³-hybridized carbons (Fsp3) is 0.462. The number of aryl methyl sites for hydroxylation is 1. The van der Waals surface area contributed by atoms with E-state index >= 15 is 0 Å². The van der Waals surface area contributed by atoms with Crippen LogP contribution < -0.4 is 5.32 Å². The largest absolute Gasteiger partial charge is 0.383 e. The van der Waals surface area contributed by atoms with E-state index in [0.717, 1.165) is 22.7 Å². The molecule has 0 fully saturated rings. The Hall–Kier alpha value is -0.850. The van der Waals surface area contributed by atoms with Crippen molar-refractivity contribution < 1.29 is 4.74 Å². The van der Waals surface area contributed by atoms with Gasteiger partial charge in [0.15, 0.2) is 0 Å². The fourth-order valence-corrected chi connectivity index (χ4v) is 3.35. The van der Waals surface area contributed by atoms with Crippen LogP contribution in [0, 0.1) is 6.92 Å². The van der Waals surface area contributed by atoms with Crippen LogP contribution in [-0.2, 0) is 11.3 Å². The van der Waals surface area contributed by atoms with Crippen LogP contribution in [-0.4, -0.2) is 23.3 Å². The first-order valence-electron chi connectivity index (χ1n) is 6.12. The first-order valence-corrected chi connectivity index (χ1v) is 7.79. The first kappa shape index (κ1) is 14.6. The van der Waals surface area contributed by atoms with Crippen molar-refractivity contribution in [1.82, 2.24) is 9.55 Å². The van der Waals surface area contributed by atoms with E-state index in [1.165, 1.54) is 4.88 Å². The molecule has 0 aliphatic heterocycles. The Balaban J connectivity index is 2.09. The molecule has 19 heavy (non-hydrogen) atoms. The average Bonchev–Trinajstić information content (AvgIpc) is 2.93.